The Bertz CT molecular complexity index is 492. The molecule has 0 fully saturated rings. The van der Waals surface area contributed by atoms with Crippen LogP contribution in [0, 0.1) is 10.8 Å². The first kappa shape index (κ1) is 23.9. The van der Waals surface area contributed by atoms with Crippen molar-refractivity contribution in [3.8, 4) is 0 Å². The van der Waals surface area contributed by atoms with Crippen LogP contribution in [0.1, 0.15) is 89.0 Å². The molecule has 25 heavy (non-hydrogen) atoms. The molecule has 2 amide bonds. The van der Waals surface area contributed by atoms with Crippen LogP contribution in [0.5, 0.6) is 0 Å². The average molecular weight is 357 g/mol. The molecule has 0 aliphatic carbocycles. The Kier molecular flexibility index (Phi) is 6.94. The quantitative estimate of drug-likeness (QED) is 0.654. The van der Waals surface area contributed by atoms with Gasteiger partial charge in [-0.3, -0.25) is 9.59 Å². The highest BCUT2D eigenvalue weighted by molar-refractivity contribution is 5.86. The molecule has 0 rings (SSSR count). The summed E-state index contributed by atoms with van der Waals surface area (Å²) in [7, 11) is 0. The first-order valence-electron chi connectivity index (χ1n) is 9.05. The maximum Gasteiger partial charge on any atom is 0.226 e. The van der Waals surface area contributed by atoms with E-state index in [0.717, 1.165) is 0 Å². The van der Waals surface area contributed by atoms with E-state index in [9.17, 15) is 14.7 Å². The van der Waals surface area contributed by atoms with E-state index < -0.39 is 22.0 Å². The molecule has 0 aliphatic heterocycles. The fourth-order valence-electron chi connectivity index (χ4n) is 3.38. The van der Waals surface area contributed by atoms with E-state index in [2.05, 4.69) is 10.6 Å². The molecule has 0 unspecified atom stereocenters. The van der Waals surface area contributed by atoms with E-state index in [1.54, 1.807) is 13.8 Å². The fraction of sp³-hybridized carbons (Fsp3) is 0.900. The maximum atomic E-state index is 12.8. The van der Waals surface area contributed by atoms with Crippen molar-refractivity contribution >= 4 is 11.8 Å². The molecule has 0 saturated carbocycles. The van der Waals surface area contributed by atoms with Crippen LogP contribution in [0.4, 0.5) is 0 Å². The lowest BCUT2D eigenvalue weighted by Crippen LogP contribution is -2.54. The van der Waals surface area contributed by atoms with Gasteiger partial charge in [0.1, 0.15) is 0 Å². The highest BCUT2D eigenvalue weighted by Crippen LogP contribution is 2.35. The van der Waals surface area contributed by atoms with Gasteiger partial charge in [0.05, 0.1) is 5.60 Å². The van der Waals surface area contributed by atoms with Crippen molar-refractivity contribution in [1.82, 2.24) is 10.6 Å². The number of nitrogens with one attached hydrogen (secondary N) is 2. The second-order valence-electron chi connectivity index (χ2n) is 11.0. The molecule has 0 aromatic rings. The molecule has 0 saturated heterocycles. The third-order valence-corrected chi connectivity index (χ3v) is 3.93. The summed E-state index contributed by atoms with van der Waals surface area (Å²) in [5, 5.41) is 16.1. The molecule has 5 nitrogen and oxygen atoms in total. The van der Waals surface area contributed by atoms with E-state index in [-0.39, 0.29) is 17.4 Å². The first-order valence-corrected chi connectivity index (χ1v) is 9.05. The summed E-state index contributed by atoms with van der Waals surface area (Å²) in [6.07, 6.45) is 0.863. The predicted octanol–water partition coefficient (Wildman–Crippen LogP) is 3.40. The van der Waals surface area contributed by atoms with E-state index in [1.165, 1.54) is 0 Å². The van der Waals surface area contributed by atoms with Crippen molar-refractivity contribution in [3.05, 3.63) is 0 Å². The van der Waals surface area contributed by atoms with Gasteiger partial charge in [-0.1, -0.05) is 27.7 Å². The summed E-state index contributed by atoms with van der Waals surface area (Å²) in [6, 6.07) is 0. The average Bonchev–Trinajstić information content (AvgIpc) is 2.19. The number of carbonyl (C=O) groups is 2. The lowest BCUT2D eigenvalue weighted by molar-refractivity contribution is -0.137. The Morgan fingerprint density at radius 1 is 0.680 bits per heavy atom. The van der Waals surface area contributed by atoms with Gasteiger partial charge in [0.25, 0.3) is 0 Å². The van der Waals surface area contributed by atoms with Crippen molar-refractivity contribution < 1.29 is 14.7 Å². The monoisotopic (exact) mass is 356 g/mol. The lowest BCUT2D eigenvalue weighted by Gasteiger charge is -2.38. The number of amides is 2. The second kappa shape index (κ2) is 7.26. The molecule has 0 spiro atoms. The predicted molar refractivity (Wildman–Crippen MR) is 103 cm³/mol. The van der Waals surface area contributed by atoms with Crippen LogP contribution in [0.25, 0.3) is 0 Å². The molecule has 0 bridgehead atoms. The third-order valence-electron chi connectivity index (χ3n) is 3.93. The zero-order chi connectivity index (χ0) is 20.5. The SMILES string of the molecule is CC(C)(O)CC(C)(C)NC(=O)C(C)(C)CC(C)(C)C(=O)NC(C)(C)C. The van der Waals surface area contributed by atoms with Crippen molar-refractivity contribution in [2.75, 3.05) is 0 Å². The summed E-state index contributed by atoms with van der Waals surface area (Å²) in [5.74, 6) is -0.171. The van der Waals surface area contributed by atoms with Crippen molar-refractivity contribution in [2.45, 2.75) is 106 Å². The van der Waals surface area contributed by atoms with Gasteiger partial charge in [-0.05, 0) is 61.3 Å². The molecule has 0 aliphatic rings. The van der Waals surface area contributed by atoms with Crippen LogP contribution in [0.15, 0.2) is 0 Å². The Labute approximate surface area is 154 Å². The minimum atomic E-state index is -0.868. The molecule has 5 heteroatoms. The van der Waals surface area contributed by atoms with Crippen LogP contribution in [0.2, 0.25) is 0 Å². The minimum Gasteiger partial charge on any atom is -0.390 e. The molecular formula is C20H40N2O3. The standard InChI is InChI=1S/C20H40N2O3/c1-16(2,3)21-14(23)17(4,5)12-18(6,7)15(24)22-19(8,9)13-20(10,11)25/h25H,12-13H2,1-11H3,(H,21,23)(H,22,24). The van der Waals surface area contributed by atoms with Crippen LogP contribution in [0.3, 0.4) is 0 Å². The highest BCUT2D eigenvalue weighted by atomic mass is 16.3. The minimum absolute atomic E-state index is 0.0587. The molecule has 0 aromatic carbocycles. The Hall–Kier alpha value is -1.10. The van der Waals surface area contributed by atoms with Gasteiger partial charge < -0.3 is 15.7 Å². The molecular weight excluding hydrogens is 316 g/mol. The van der Waals surface area contributed by atoms with Crippen molar-refractivity contribution in [3.63, 3.8) is 0 Å². The van der Waals surface area contributed by atoms with Gasteiger partial charge in [-0.25, -0.2) is 0 Å². The van der Waals surface area contributed by atoms with Crippen LogP contribution in [-0.4, -0.2) is 33.6 Å². The van der Waals surface area contributed by atoms with Crippen LogP contribution >= 0.6 is 0 Å². The van der Waals surface area contributed by atoms with Crippen molar-refractivity contribution in [2.24, 2.45) is 10.8 Å². The summed E-state index contributed by atoms with van der Waals surface area (Å²) < 4.78 is 0. The zero-order valence-corrected chi connectivity index (χ0v) is 18.2. The van der Waals surface area contributed by atoms with Crippen LogP contribution in [-0.2, 0) is 9.59 Å². The molecule has 0 aromatic heterocycles. The molecule has 148 valence electrons. The molecule has 0 radical (unpaired) electrons. The zero-order valence-electron chi connectivity index (χ0n) is 18.2. The third kappa shape index (κ3) is 9.24. The Morgan fingerprint density at radius 3 is 1.36 bits per heavy atom. The second-order valence-corrected chi connectivity index (χ2v) is 11.0. The van der Waals surface area contributed by atoms with Gasteiger partial charge in [0.15, 0.2) is 0 Å². The largest absolute Gasteiger partial charge is 0.390 e. The summed E-state index contributed by atoms with van der Waals surface area (Å²) in [6.45, 7) is 20.5. The van der Waals surface area contributed by atoms with Gasteiger partial charge in [-0.2, -0.15) is 0 Å². The first-order chi connectivity index (χ1) is 10.7. The van der Waals surface area contributed by atoms with E-state index in [1.807, 2.05) is 62.3 Å². The fourth-order valence-corrected chi connectivity index (χ4v) is 3.38. The Morgan fingerprint density at radius 2 is 1.04 bits per heavy atom. The van der Waals surface area contributed by atoms with Gasteiger partial charge in [0, 0.05) is 21.9 Å². The van der Waals surface area contributed by atoms with E-state index in [0.29, 0.717) is 12.8 Å². The molecule has 0 heterocycles. The highest BCUT2D eigenvalue weighted by Gasteiger charge is 2.41. The van der Waals surface area contributed by atoms with Gasteiger partial charge >= 0.3 is 0 Å². The van der Waals surface area contributed by atoms with Crippen LogP contribution < -0.4 is 10.6 Å². The summed E-state index contributed by atoms with van der Waals surface area (Å²) in [4.78, 5) is 25.4. The Balaban J connectivity index is 5.12. The number of hydrogen-bond donors (Lipinski definition) is 3. The normalized spacial score (nSPS) is 14.2. The molecule has 3 N–H and O–H groups in total. The van der Waals surface area contributed by atoms with E-state index >= 15 is 0 Å². The van der Waals surface area contributed by atoms with Gasteiger partial charge in [0.2, 0.25) is 11.8 Å². The lowest BCUT2D eigenvalue weighted by atomic mass is 9.73. The summed E-state index contributed by atoms with van der Waals surface area (Å²) in [5.41, 5.74) is -3.10. The number of aliphatic hydroxyl groups is 1. The van der Waals surface area contributed by atoms with E-state index in [4.69, 9.17) is 0 Å². The number of rotatable bonds is 7. The van der Waals surface area contributed by atoms with Gasteiger partial charge in [-0.15, -0.1) is 0 Å². The molecule has 0 atom stereocenters. The number of hydrogen-bond acceptors (Lipinski definition) is 3. The summed E-state index contributed by atoms with van der Waals surface area (Å²) >= 11 is 0. The maximum absolute atomic E-state index is 12.8. The topological polar surface area (TPSA) is 78.4 Å². The number of carbonyl (C=O) groups excluding carboxylic acids is 2. The smallest absolute Gasteiger partial charge is 0.226 e. The van der Waals surface area contributed by atoms with Crippen molar-refractivity contribution in [1.29, 1.82) is 0 Å².